The van der Waals surface area contributed by atoms with Crippen LogP contribution in [0.1, 0.15) is 24.1 Å². The van der Waals surface area contributed by atoms with E-state index in [0.29, 0.717) is 5.56 Å². The van der Waals surface area contributed by atoms with Gasteiger partial charge in [-0.2, -0.15) is 0 Å². The second-order valence-electron chi connectivity index (χ2n) is 4.36. The fourth-order valence-corrected chi connectivity index (χ4v) is 3.04. The highest BCUT2D eigenvalue weighted by Crippen LogP contribution is 2.34. The molecule has 0 fully saturated rings. The van der Waals surface area contributed by atoms with Gasteiger partial charge in [0.15, 0.2) is 0 Å². The van der Waals surface area contributed by atoms with Crippen molar-refractivity contribution in [3.8, 4) is 0 Å². The van der Waals surface area contributed by atoms with E-state index in [0.717, 1.165) is 9.79 Å². The SMILES string of the molecule is Cc1cccc(Sc2cccc(F)c2[C@@H](C)N)c1. The first-order valence-electron chi connectivity index (χ1n) is 5.86. The van der Waals surface area contributed by atoms with E-state index >= 15 is 0 Å². The van der Waals surface area contributed by atoms with Crippen LogP contribution >= 0.6 is 11.8 Å². The van der Waals surface area contributed by atoms with Gasteiger partial charge in [-0.25, -0.2) is 4.39 Å². The topological polar surface area (TPSA) is 26.0 Å². The first-order chi connectivity index (χ1) is 8.58. The van der Waals surface area contributed by atoms with Gasteiger partial charge in [0, 0.05) is 21.4 Å². The minimum absolute atomic E-state index is 0.234. The van der Waals surface area contributed by atoms with Crippen molar-refractivity contribution in [2.45, 2.75) is 29.7 Å². The quantitative estimate of drug-likeness (QED) is 0.891. The van der Waals surface area contributed by atoms with Crippen LogP contribution < -0.4 is 5.73 Å². The Morgan fingerprint density at radius 2 is 1.89 bits per heavy atom. The molecule has 3 heteroatoms. The lowest BCUT2D eigenvalue weighted by Crippen LogP contribution is -2.08. The van der Waals surface area contributed by atoms with Gasteiger partial charge >= 0.3 is 0 Å². The van der Waals surface area contributed by atoms with E-state index in [1.54, 1.807) is 24.8 Å². The Bertz CT molecular complexity index is 552. The Morgan fingerprint density at radius 3 is 2.56 bits per heavy atom. The van der Waals surface area contributed by atoms with Crippen LogP contribution in [0.2, 0.25) is 0 Å². The third-order valence-corrected chi connectivity index (χ3v) is 3.75. The van der Waals surface area contributed by atoms with E-state index in [1.165, 1.54) is 11.6 Å². The molecule has 0 heterocycles. The fourth-order valence-electron chi connectivity index (χ4n) is 1.85. The second kappa shape index (κ2) is 5.55. The Kier molecular flexibility index (Phi) is 4.04. The summed E-state index contributed by atoms with van der Waals surface area (Å²) in [5, 5.41) is 0. The zero-order chi connectivity index (χ0) is 13.1. The van der Waals surface area contributed by atoms with Gasteiger partial charge in [-0.15, -0.1) is 0 Å². The number of rotatable bonds is 3. The van der Waals surface area contributed by atoms with Crippen LogP contribution in [-0.2, 0) is 0 Å². The molecule has 2 N–H and O–H groups in total. The van der Waals surface area contributed by atoms with Crippen LogP contribution in [-0.4, -0.2) is 0 Å². The summed E-state index contributed by atoms with van der Waals surface area (Å²) in [6, 6.07) is 12.9. The molecule has 2 rings (SSSR count). The molecule has 0 aliphatic heterocycles. The van der Waals surface area contributed by atoms with Crippen LogP contribution in [0.5, 0.6) is 0 Å². The minimum Gasteiger partial charge on any atom is -0.324 e. The van der Waals surface area contributed by atoms with Crippen LogP contribution in [0.15, 0.2) is 52.3 Å². The average molecular weight is 261 g/mol. The van der Waals surface area contributed by atoms with E-state index in [1.807, 2.05) is 31.2 Å². The molecule has 1 nitrogen and oxygen atoms in total. The van der Waals surface area contributed by atoms with Crippen molar-refractivity contribution in [2.24, 2.45) is 5.73 Å². The summed E-state index contributed by atoms with van der Waals surface area (Å²) < 4.78 is 13.8. The summed E-state index contributed by atoms with van der Waals surface area (Å²) in [5.74, 6) is -0.234. The van der Waals surface area contributed by atoms with E-state index < -0.39 is 0 Å². The Balaban J connectivity index is 2.37. The summed E-state index contributed by atoms with van der Waals surface area (Å²) in [5.41, 5.74) is 7.63. The maximum atomic E-state index is 13.8. The standard InChI is InChI=1S/C15H16FNS/c1-10-5-3-6-12(9-10)18-14-8-4-7-13(16)15(14)11(2)17/h3-9,11H,17H2,1-2H3/t11-/m1/s1. The number of aryl methyl sites for hydroxylation is 1. The Labute approximate surface area is 111 Å². The first kappa shape index (κ1) is 13.1. The minimum atomic E-state index is -0.307. The first-order valence-corrected chi connectivity index (χ1v) is 6.68. The maximum absolute atomic E-state index is 13.8. The molecule has 0 amide bonds. The van der Waals surface area contributed by atoms with Gasteiger partial charge < -0.3 is 5.73 Å². The highest BCUT2D eigenvalue weighted by molar-refractivity contribution is 7.99. The van der Waals surface area contributed by atoms with Gasteiger partial charge in [0.2, 0.25) is 0 Å². The lowest BCUT2D eigenvalue weighted by Gasteiger charge is -2.13. The van der Waals surface area contributed by atoms with Crippen molar-refractivity contribution in [1.29, 1.82) is 0 Å². The summed E-state index contributed by atoms with van der Waals surface area (Å²) in [6.07, 6.45) is 0. The van der Waals surface area contributed by atoms with E-state index in [4.69, 9.17) is 5.73 Å². The zero-order valence-electron chi connectivity index (χ0n) is 10.5. The predicted molar refractivity (Wildman–Crippen MR) is 74.3 cm³/mol. The van der Waals surface area contributed by atoms with Crippen LogP contribution in [0.25, 0.3) is 0 Å². The normalized spacial score (nSPS) is 12.4. The number of hydrogen-bond donors (Lipinski definition) is 1. The molecule has 94 valence electrons. The molecule has 0 aliphatic rings. The summed E-state index contributed by atoms with van der Waals surface area (Å²) in [4.78, 5) is 1.98. The van der Waals surface area contributed by atoms with Crippen molar-refractivity contribution in [1.82, 2.24) is 0 Å². The molecule has 0 bridgehead atoms. The summed E-state index contributed by atoms with van der Waals surface area (Å²) in [7, 11) is 0. The molecular formula is C15H16FNS. The molecule has 2 aromatic rings. The third kappa shape index (κ3) is 2.92. The molecule has 0 radical (unpaired) electrons. The van der Waals surface area contributed by atoms with Crippen LogP contribution in [0, 0.1) is 12.7 Å². The average Bonchev–Trinajstić information content (AvgIpc) is 2.28. The van der Waals surface area contributed by atoms with Crippen molar-refractivity contribution in [3.63, 3.8) is 0 Å². The number of hydrogen-bond acceptors (Lipinski definition) is 2. The fraction of sp³-hybridized carbons (Fsp3) is 0.200. The molecule has 0 saturated heterocycles. The molecule has 18 heavy (non-hydrogen) atoms. The maximum Gasteiger partial charge on any atom is 0.129 e. The van der Waals surface area contributed by atoms with E-state index in [2.05, 4.69) is 6.07 Å². The molecular weight excluding hydrogens is 245 g/mol. The zero-order valence-corrected chi connectivity index (χ0v) is 11.3. The molecule has 0 aromatic heterocycles. The van der Waals surface area contributed by atoms with Gasteiger partial charge in [0.25, 0.3) is 0 Å². The van der Waals surface area contributed by atoms with Crippen LogP contribution in [0.3, 0.4) is 0 Å². The highest BCUT2D eigenvalue weighted by Gasteiger charge is 2.13. The predicted octanol–water partition coefficient (Wildman–Crippen LogP) is 4.31. The molecule has 1 atom stereocenters. The summed E-state index contributed by atoms with van der Waals surface area (Å²) in [6.45, 7) is 3.85. The molecule has 2 aromatic carbocycles. The lowest BCUT2D eigenvalue weighted by molar-refractivity contribution is 0.585. The molecule has 0 unspecified atom stereocenters. The monoisotopic (exact) mass is 261 g/mol. The van der Waals surface area contributed by atoms with Crippen molar-refractivity contribution < 1.29 is 4.39 Å². The van der Waals surface area contributed by atoms with Crippen molar-refractivity contribution in [2.75, 3.05) is 0 Å². The van der Waals surface area contributed by atoms with Crippen LogP contribution in [0.4, 0.5) is 4.39 Å². The largest absolute Gasteiger partial charge is 0.324 e. The molecule has 0 aliphatic carbocycles. The molecule has 0 saturated carbocycles. The molecule has 0 spiro atoms. The lowest BCUT2D eigenvalue weighted by atomic mass is 10.1. The van der Waals surface area contributed by atoms with Crippen molar-refractivity contribution >= 4 is 11.8 Å². The van der Waals surface area contributed by atoms with Gasteiger partial charge in [-0.05, 0) is 38.1 Å². The number of halogens is 1. The van der Waals surface area contributed by atoms with Gasteiger partial charge in [-0.1, -0.05) is 35.5 Å². The second-order valence-corrected chi connectivity index (χ2v) is 5.47. The van der Waals surface area contributed by atoms with Gasteiger partial charge in [-0.3, -0.25) is 0 Å². The van der Waals surface area contributed by atoms with Gasteiger partial charge in [0.05, 0.1) is 0 Å². The Morgan fingerprint density at radius 1 is 1.17 bits per heavy atom. The Hall–Kier alpha value is -1.32. The third-order valence-electron chi connectivity index (χ3n) is 2.69. The number of nitrogens with two attached hydrogens (primary N) is 1. The van der Waals surface area contributed by atoms with E-state index in [9.17, 15) is 4.39 Å². The van der Waals surface area contributed by atoms with E-state index in [-0.39, 0.29) is 11.9 Å². The highest BCUT2D eigenvalue weighted by atomic mass is 32.2. The van der Waals surface area contributed by atoms with Gasteiger partial charge in [0.1, 0.15) is 5.82 Å². The number of benzene rings is 2. The van der Waals surface area contributed by atoms with Crippen molar-refractivity contribution in [3.05, 3.63) is 59.4 Å². The summed E-state index contributed by atoms with van der Waals surface area (Å²) >= 11 is 1.55. The smallest absolute Gasteiger partial charge is 0.129 e.